The Kier molecular flexibility index (Phi) is 5.62. The third-order valence-electron chi connectivity index (χ3n) is 2.04. The van der Waals surface area contributed by atoms with Gasteiger partial charge < -0.3 is 11.1 Å². The SMILES string of the molecule is C#CCC(N)C(=O)Nc1ccccc1SC(F)F. The van der Waals surface area contributed by atoms with Crippen LogP contribution >= 0.6 is 11.8 Å². The maximum atomic E-state index is 12.3. The molecule has 0 aliphatic heterocycles. The average molecular weight is 270 g/mol. The lowest BCUT2D eigenvalue weighted by Gasteiger charge is -2.12. The Hall–Kier alpha value is -1.58. The Labute approximate surface area is 108 Å². The molecule has 18 heavy (non-hydrogen) atoms. The van der Waals surface area contributed by atoms with Crippen LogP contribution in [0.25, 0.3) is 0 Å². The van der Waals surface area contributed by atoms with E-state index in [2.05, 4.69) is 11.2 Å². The molecular formula is C12H12F2N2OS. The van der Waals surface area contributed by atoms with Gasteiger partial charge >= 0.3 is 0 Å². The maximum absolute atomic E-state index is 12.3. The summed E-state index contributed by atoms with van der Waals surface area (Å²) in [5.74, 6) is -0.774. The van der Waals surface area contributed by atoms with Gasteiger partial charge in [0, 0.05) is 11.3 Å². The summed E-state index contributed by atoms with van der Waals surface area (Å²) in [5.41, 5.74) is 5.82. The average Bonchev–Trinajstić information content (AvgIpc) is 2.31. The third kappa shape index (κ3) is 4.35. The van der Waals surface area contributed by atoms with Gasteiger partial charge in [-0.25, -0.2) is 0 Å². The van der Waals surface area contributed by atoms with Crippen molar-refractivity contribution in [2.24, 2.45) is 5.73 Å². The van der Waals surface area contributed by atoms with E-state index in [1.807, 2.05) is 0 Å². The van der Waals surface area contributed by atoms with Crippen molar-refractivity contribution in [2.75, 3.05) is 5.32 Å². The minimum atomic E-state index is -2.55. The van der Waals surface area contributed by atoms with E-state index in [9.17, 15) is 13.6 Å². The van der Waals surface area contributed by atoms with Crippen LogP contribution in [0.1, 0.15) is 6.42 Å². The molecule has 6 heteroatoms. The highest BCUT2D eigenvalue weighted by Gasteiger charge is 2.15. The van der Waals surface area contributed by atoms with Crippen molar-refractivity contribution >= 4 is 23.4 Å². The Morgan fingerprint density at radius 3 is 2.78 bits per heavy atom. The number of rotatable bonds is 5. The molecule has 0 aliphatic carbocycles. The first kappa shape index (κ1) is 14.5. The Morgan fingerprint density at radius 2 is 2.17 bits per heavy atom. The molecule has 0 aliphatic rings. The van der Waals surface area contributed by atoms with Crippen molar-refractivity contribution < 1.29 is 13.6 Å². The molecule has 0 spiro atoms. The van der Waals surface area contributed by atoms with E-state index in [-0.39, 0.29) is 11.3 Å². The Morgan fingerprint density at radius 1 is 1.50 bits per heavy atom. The van der Waals surface area contributed by atoms with Crippen molar-refractivity contribution in [3.05, 3.63) is 24.3 Å². The van der Waals surface area contributed by atoms with Gasteiger partial charge in [0.15, 0.2) is 0 Å². The molecule has 96 valence electrons. The first-order valence-electron chi connectivity index (χ1n) is 5.08. The van der Waals surface area contributed by atoms with Crippen molar-refractivity contribution in [3.63, 3.8) is 0 Å². The second-order valence-corrected chi connectivity index (χ2v) is 4.41. The fraction of sp³-hybridized carbons (Fsp3) is 0.250. The fourth-order valence-electron chi connectivity index (χ4n) is 1.21. The van der Waals surface area contributed by atoms with Gasteiger partial charge in [0.2, 0.25) is 5.91 Å². The van der Waals surface area contributed by atoms with Crippen LogP contribution in [-0.4, -0.2) is 17.7 Å². The molecule has 1 aromatic rings. The van der Waals surface area contributed by atoms with Crippen LogP contribution in [0.15, 0.2) is 29.2 Å². The number of alkyl halides is 2. The van der Waals surface area contributed by atoms with Gasteiger partial charge in [-0.15, -0.1) is 12.3 Å². The molecule has 3 N–H and O–H groups in total. The van der Waals surface area contributed by atoms with Crippen LogP contribution in [0, 0.1) is 12.3 Å². The first-order valence-corrected chi connectivity index (χ1v) is 5.96. The molecule has 1 unspecified atom stereocenters. The van der Waals surface area contributed by atoms with Crippen molar-refractivity contribution in [1.82, 2.24) is 0 Å². The van der Waals surface area contributed by atoms with E-state index in [0.717, 1.165) is 0 Å². The van der Waals surface area contributed by atoms with Crippen LogP contribution in [0.5, 0.6) is 0 Å². The summed E-state index contributed by atoms with van der Waals surface area (Å²) in [4.78, 5) is 11.9. The highest BCUT2D eigenvalue weighted by atomic mass is 32.2. The highest BCUT2D eigenvalue weighted by molar-refractivity contribution is 7.99. The van der Waals surface area contributed by atoms with Gasteiger partial charge in [0.1, 0.15) is 0 Å². The van der Waals surface area contributed by atoms with Gasteiger partial charge in [0.25, 0.3) is 5.76 Å². The zero-order valence-electron chi connectivity index (χ0n) is 9.40. The highest BCUT2D eigenvalue weighted by Crippen LogP contribution is 2.31. The minimum Gasteiger partial charge on any atom is -0.324 e. The summed E-state index contributed by atoms with van der Waals surface area (Å²) >= 11 is 0.363. The van der Waals surface area contributed by atoms with E-state index < -0.39 is 17.7 Å². The molecule has 0 saturated heterocycles. The molecule has 1 rings (SSSR count). The van der Waals surface area contributed by atoms with Gasteiger partial charge in [-0.05, 0) is 12.1 Å². The molecule has 0 saturated carbocycles. The number of benzene rings is 1. The van der Waals surface area contributed by atoms with Crippen LogP contribution in [0.2, 0.25) is 0 Å². The molecule has 0 heterocycles. The molecular weight excluding hydrogens is 258 g/mol. The van der Waals surface area contributed by atoms with Crippen LogP contribution in [0.3, 0.4) is 0 Å². The normalized spacial score (nSPS) is 11.9. The smallest absolute Gasteiger partial charge is 0.288 e. The predicted octanol–water partition coefficient (Wildman–Crippen LogP) is 2.29. The monoisotopic (exact) mass is 270 g/mol. The molecule has 0 radical (unpaired) electrons. The number of hydrogen-bond acceptors (Lipinski definition) is 3. The lowest BCUT2D eigenvalue weighted by atomic mass is 10.2. The van der Waals surface area contributed by atoms with Crippen molar-refractivity contribution in [1.29, 1.82) is 0 Å². The standard InChI is InChI=1S/C12H12F2N2OS/c1-2-5-8(15)11(17)16-9-6-3-4-7-10(9)18-12(13)14/h1,3-4,6-8,12H,5,15H2,(H,16,17). The second kappa shape index (κ2) is 6.99. The van der Waals surface area contributed by atoms with Crippen molar-refractivity contribution in [2.45, 2.75) is 23.1 Å². The molecule has 1 atom stereocenters. The Balaban J connectivity index is 2.78. The number of carbonyl (C=O) groups is 1. The number of halogens is 2. The quantitative estimate of drug-likeness (QED) is 0.637. The summed E-state index contributed by atoms with van der Waals surface area (Å²) in [6.45, 7) is 0. The van der Waals surface area contributed by atoms with Crippen LogP contribution in [-0.2, 0) is 4.79 Å². The van der Waals surface area contributed by atoms with Gasteiger partial charge in [-0.2, -0.15) is 8.78 Å². The fourth-order valence-corrected chi connectivity index (χ4v) is 1.81. The number of carbonyl (C=O) groups excluding carboxylic acids is 1. The lowest BCUT2D eigenvalue weighted by Crippen LogP contribution is -2.35. The molecule has 3 nitrogen and oxygen atoms in total. The first-order chi connectivity index (χ1) is 8.54. The van der Waals surface area contributed by atoms with Gasteiger partial charge in [0.05, 0.1) is 11.7 Å². The molecule has 0 bridgehead atoms. The largest absolute Gasteiger partial charge is 0.324 e. The van der Waals surface area contributed by atoms with Crippen LogP contribution < -0.4 is 11.1 Å². The number of nitrogens with two attached hydrogens (primary N) is 1. The van der Waals surface area contributed by atoms with Gasteiger partial charge in [-0.3, -0.25) is 4.79 Å². The topological polar surface area (TPSA) is 55.1 Å². The molecule has 0 aromatic heterocycles. The number of para-hydroxylation sites is 1. The number of amides is 1. The molecule has 1 aromatic carbocycles. The zero-order valence-corrected chi connectivity index (χ0v) is 10.2. The van der Waals surface area contributed by atoms with E-state index >= 15 is 0 Å². The predicted molar refractivity (Wildman–Crippen MR) is 68.4 cm³/mol. The summed E-state index contributed by atoms with van der Waals surface area (Å²) in [6, 6.07) is 5.43. The van der Waals surface area contributed by atoms with Crippen molar-refractivity contribution in [3.8, 4) is 12.3 Å². The van der Waals surface area contributed by atoms with E-state index in [1.165, 1.54) is 12.1 Å². The summed E-state index contributed by atoms with van der Waals surface area (Å²) in [5, 5.41) is 2.49. The number of terminal acetylenes is 1. The third-order valence-corrected chi connectivity index (χ3v) is 2.82. The zero-order chi connectivity index (χ0) is 13.5. The number of hydrogen-bond donors (Lipinski definition) is 2. The van der Waals surface area contributed by atoms with Gasteiger partial charge in [-0.1, -0.05) is 23.9 Å². The molecule has 0 fully saturated rings. The maximum Gasteiger partial charge on any atom is 0.288 e. The number of thioether (sulfide) groups is 1. The summed E-state index contributed by atoms with van der Waals surface area (Å²) in [6.07, 6.45) is 5.14. The summed E-state index contributed by atoms with van der Waals surface area (Å²) in [7, 11) is 0. The second-order valence-electron chi connectivity index (χ2n) is 3.38. The number of anilines is 1. The van der Waals surface area contributed by atoms with E-state index in [0.29, 0.717) is 17.4 Å². The molecule has 1 amide bonds. The Bertz CT molecular complexity index is 460. The lowest BCUT2D eigenvalue weighted by molar-refractivity contribution is -0.117. The van der Waals surface area contributed by atoms with Crippen LogP contribution in [0.4, 0.5) is 14.5 Å². The van der Waals surface area contributed by atoms with E-state index in [1.54, 1.807) is 12.1 Å². The minimum absolute atomic E-state index is 0.0932. The number of nitrogens with one attached hydrogen (secondary N) is 1. The van der Waals surface area contributed by atoms with E-state index in [4.69, 9.17) is 12.2 Å². The summed E-state index contributed by atoms with van der Waals surface area (Å²) < 4.78 is 24.6.